The molecule has 6 rings (SSSR count). The van der Waals surface area contributed by atoms with Gasteiger partial charge >= 0.3 is 0 Å². The Kier molecular flexibility index (Phi) is 5.38. The molecule has 2 N–H and O–H groups in total. The molecule has 0 saturated heterocycles. The van der Waals surface area contributed by atoms with Crippen molar-refractivity contribution >= 4 is 28.1 Å². The number of carbonyl (C=O) groups is 1. The Morgan fingerprint density at radius 1 is 1.00 bits per heavy atom. The number of aromatic nitrogens is 1. The zero-order chi connectivity index (χ0) is 24.9. The third-order valence-electron chi connectivity index (χ3n) is 7.58. The van der Waals surface area contributed by atoms with Gasteiger partial charge < -0.3 is 14.8 Å². The Balaban J connectivity index is 1.34. The number of rotatable bonds is 6. The van der Waals surface area contributed by atoms with Gasteiger partial charge in [-0.2, -0.15) is 4.58 Å². The van der Waals surface area contributed by atoms with Crippen LogP contribution in [0.3, 0.4) is 0 Å². The summed E-state index contributed by atoms with van der Waals surface area (Å²) in [6, 6.07) is 26.0. The number of Topliss-reactive ketones (excluding diaryl/α,β-unsaturated/α-hetero) is 1. The first-order valence-corrected chi connectivity index (χ1v) is 12.4. The molecule has 1 fully saturated rings. The molecule has 5 heteroatoms. The maximum Gasteiger partial charge on any atom is 0.209 e. The lowest BCUT2D eigenvalue weighted by molar-refractivity contribution is -0.439. The van der Waals surface area contributed by atoms with Crippen molar-refractivity contribution in [3.63, 3.8) is 0 Å². The van der Waals surface area contributed by atoms with Gasteiger partial charge in [-0.15, -0.1) is 0 Å². The standard InChI is InChI=1S/C31H28N2O3/c1-31(2)24-13-7-9-15-26(24)33(16-17-36-20-10-4-3-5-11-20)27(31)18-22-29(34)28(30(22)35)23-19-32-25-14-8-6-12-21(23)25/h3-15,18-19,28-29,34H,16-17H2,1-2H3/p+1. The largest absolute Gasteiger partial charge is 0.487 e. The van der Waals surface area contributed by atoms with Crippen molar-refractivity contribution in [1.82, 2.24) is 4.98 Å². The summed E-state index contributed by atoms with van der Waals surface area (Å²) in [5.41, 5.74) is 5.28. The van der Waals surface area contributed by atoms with Crippen molar-refractivity contribution in [1.29, 1.82) is 0 Å². The van der Waals surface area contributed by atoms with E-state index in [4.69, 9.17) is 4.74 Å². The quantitative estimate of drug-likeness (QED) is 0.293. The molecule has 2 unspecified atom stereocenters. The van der Waals surface area contributed by atoms with Crippen LogP contribution in [-0.2, 0) is 10.2 Å². The summed E-state index contributed by atoms with van der Waals surface area (Å²) < 4.78 is 8.22. The normalized spacial score (nSPS) is 21.6. The fourth-order valence-electron chi connectivity index (χ4n) is 5.63. The minimum Gasteiger partial charge on any atom is -0.487 e. The van der Waals surface area contributed by atoms with Gasteiger partial charge in [-0.25, -0.2) is 0 Å². The van der Waals surface area contributed by atoms with E-state index in [1.807, 2.05) is 79.0 Å². The smallest absolute Gasteiger partial charge is 0.209 e. The maximum absolute atomic E-state index is 13.4. The predicted molar refractivity (Wildman–Crippen MR) is 141 cm³/mol. The molecule has 1 aromatic heterocycles. The fourth-order valence-corrected chi connectivity index (χ4v) is 5.63. The SMILES string of the molecule is CC1(C)C(C=C2C(=O)C(c3c[nH]c4ccccc34)C2O)=[N+](CCOc2ccccc2)c2ccccc21. The predicted octanol–water partition coefficient (Wildman–Crippen LogP) is 5.28. The highest BCUT2D eigenvalue weighted by Crippen LogP contribution is 2.44. The molecule has 5 nitrogen and oxygen atoms in total. The summed E-state index contributed by atoms with van der Waals surface area (Å²) in [6.45, 7) is 5.46. The lowest BCUT2D eigenvalue weighted by Gasteiger charge is -2.34. The summed E-state index contributed by atoms with van der Waals surface area (Å²) >= 11 is 0. The molecular weight excluding hydrogens is 448 g/mol. The number of carbonyl (C=O) groups excluding carboxylic acids is 1. The number of hydrogen-bond donors (Lipinski definition) is 2. The van der Waals surface area contributed by atoms with Gasteiger partial charge in [0.1, 0.15) is 12.4 Å². The summed E-state index contributed by atoms with van der Waals surface area (Å²) in [4.78, 5) is 16.6. The highest BCUT2D eigenvalue weighted by molar-refractivity contribution is 6.16. The van der Waals surface area contributed by atoms with E-state index in [1.165, 1.54) is 5.56 Å². The average Bonchev–Trinajstić information content (AvgIpc) is 3.40. The van der Waals surface area contributed by atoms with E-state index in [-0.39, 0.29) is 11.2 Å². The molecule has 180 valence electrons. The Bertz CT molecular complexity index is 1530. The van der Waals surface area contributed by atoms with Crippen LogP contribution < -0.4 is 4.74 Å². The fraction of sp³-hybridized carbons (Fsp3) is 0.226. The second kappa shape index (κ2) is 8.61. The lowest BCUT2D eigenvalue weighted by atomic mass is 9.69. The summed E-state index contributed by atoms with van der Waals surface area (Å²) in [5.74, 6) is 0.261. The third kappa shape index (κ3) is 3.50. The van der Waals surface area contributed by atoms with Gasteiger partial charge in [-0.1, -0.05) is 54.6 Å². The van der Waals surface area contributed by atoms with E-state index in [2.05, 4.69) is 35.5 Å². The number of aliphatic hydroxyl groups excluding tert-OH is 1. The number of nitrogens with zero attached hydrogens (tertiary/aromatic N) is 1. The Morgan fingerprint density at radius 3 is 2.53 bits per heavy atom. The molecule has 0 radical (unpaired) electrons. The van der Waals surface area contributed by atoms with Crippen LogP contribution >= 0.6 is 0 Å². The van der Waals surface area contributed by atoms with Crippen molar-refractivity contribution in [3.05, 3.63) is 108 Å². The van der Waals surface area contributed by atoms with E-state index in [0.29, 0.717) is 18.7 Å². The van der Waals surface area contributed by atoms with Crippen molar-refractivity contribution < 1.29 is 19.2 Å². The zero-order valence-corrected chi connectivity index (χ0v) is 20.4. The average molecular weight is 478 g/mol. The maximum atomic E-state index is 13.4. The van der Waals surface area contributed by atoms with Crippen molar-refractivity contribution in [2.75, 3.05) is 13.2 Å². The summed E-state index contributed by atoms with van der Waals surface area (Å²) in [5, 5.41) is 12.1. The van der Waals surface area contributed by atoms with Gasteiger partial charge in [0.15, 0.2) is 18.0 Å². The molecule has 3 aromatic carbocycles. The molecule has 36 heavy (non-hydrogen) atoms. The number of benzene rings is 3. The van der Waals surface area contributed by atoms with Crippen LogP contribution in [0.4, 0.5) is 5.69 Å². The van der Waals surface area contributed by atoms with E-state index < -0.39 is 12.0 Å². The first-order valence-electron chi connectivity index (χ1n) is 12.4. The number of hydrogen-bond acceptors (Lipinski definition) is 3. The number of allylic oxidation sites excluding steroid dienone is 1. The van der Waals surface area contributed by atoms with Gasteiger partial charge in [0, 0.05) is 40.4 Å². The van der Waals surface area contributed by atoms with Gasteiger partial charge in [-0.3, -0.25) is 4.79 Å². The molecular formula is C31H29N2O3+. The van der Waals surface area contributed by atoms with E-state index in [9.17, 15) is 9.90 Å². The number of fused-ring (bicyclic) bond motifs is 2. The van der Waals surface area contributed by atoms with Crippen LogP contribution in [0.15, 0.2) is 96.7 Å². The van der Waals surface area contributed by atoms with Crippen LogP contribution in [-0.4, -0.2) is 45.4 Å². The number of nitrogens with one attached hydrogen (secondary N) is 1. The number of para-hydroxylation sites is 3. The first kappa shape index (κ1) is 22.5. The summed E-state index contributed by atoms with van der Waals surface area (Å²) in [7, 11) is 0. The Morgan fingerprint density at radius 2 is 1.72 bits per heavy atom. The van der Waals surface area contributed by atoms with Crippen LogP contribution in [0, 0.1) is 0 Å². The lowest BCUT2D eigenvalue weighted by Crippen LogP contribution is -2.44. The molecule has 4 aromatic rings. The van der Waals surface area contributed by atoms with E-state index in [1.54, 1.807) is 0 Å². The molecule has 2 aliphatic rings. The highest BCUT2D eigenvalue weighted by Gasteiger charge is 2.50. The number of ether oxygens (including phenoxy) is 1. The van der Waals surface area contributed by atoms with Crippen molar-refractivity contribution in [3.8, 4) is 5.75 Å². The zero-order valence-electron chi connectivity index (χ0n) is 20.4. The second-order valence-corrected chi connectivity index (χ2v) is 10.0. The number of aromatic amines is 1. The second-order valence-electron chi connectivity index (χ2n) is 10.0. The van der Waals surface area contributed by atoms with Gasteiger partial charge in [0.05, 0.1) is 17.4 Å². The molecule has 1 aliphatic heterocycles. The minimum absolute atomic E-state index is 0.0213. The Labute approximate surface area is 210 Å². The van der Waals surface area contributed by atoms with Gasteiger partial charge in [-0.05, 0) is 37.6 Å². The molecule has 0 amide bonds. The summed E-state index contributed by atoms with van der Waals surface area (Å²) in [6.07, 6.45) is 2.93. The number of ketones is 1. The minimum atomic E-state index is -0.842. The van der Waals surface area contributed by atoms with Crippen molar-refractivity contribution in [2.24, 2.45) is 0 Å². The van der Waals surface area contributed by atoms with E-state index in [0.717, 1.165) is 33.6 Å². The van der Waals surface area contributed by atoms with Crippen LogP contribution in [0.1, 0.15) is 30.9 Å². The first-order chi connectivity index (χ1) is 17.5. The van der Waals surface area contributed by atoms with Crippen molar-refractivity contribution in [2.45, 2.75) is 31.3 Å². The van der Waals surface area contributed by atoms with Gasteiger partial charge in [0.25, 0.3) is 0 Å². The molecule has 0 bridgehead atoms. The van der Waals surface area contributed by atoms with E-state index >= 15 is 0 Å². The molecule has 0 spiro atoms. The number of H-pyrrole nitrogens is 1. The topological polar surface area (TPSA) is 65.3 Å². The van der Waals surface area contributed by atoms with Crippen LogP contribution in [0.5, 0.6) is 5.75 Å². The monoisotopic (exact) mass is 477 g/mol. The van der Waals surface area contributed by atoms with Crippen LogP contribution in [0.2, 0.25) is 0 Å². The van der Waals surface area contributed by atoms with Gasteiger partial charge in [0.2, 0.25) is 5.69 Å². The molecule has 2 atom stereocenters. The third-order valence-corrected chi connectivity index (χ3v) is 7.58. The van der Waals surface area contributed by atoms with Crippen LogP contribution in [0.25, 0.3) is 10.9 Å². The molecule has 1 saturated carbocycles. The number of aliphatic hydroxyl groups is 1. The Hall–Kier alpha value is -3.96. The molecule has 1 aliphatic carbocycles. The highest BCUT2D eigenvalue weighted by atomic mass is 16.5. The molecule has 2 heterocycles.